The van der Waals surface area contributed by atoms with Gasteiger partial charge in [0.1, 0.15) is 0 Å². The van der Waals surface area contributed by atoms with Gasteiger partial charge in [-0.15, -0.1) is 0 Å². The Bertz CT molecular complexity index is 393. The summed E-state index contributed by atoms with van der Waals surface area (Å²) in [5.41, 5.74) is 5.38. The first-order chi connectivity index (χ1) is 8.34. The summed E-state index contributed by atoms with van der Waals surface area (Å²) in [5, 5.41) is 11.7. The minimum Gasteiger partial charge on any atom is -0.397 e. The summed E-state index contributed by atoms with van der Waals surface area (Å²) in [7, 11) is 0. The zero-order valence-electron chi connectivity index (χ0n) is 10.1. The zero-order chi connectivity index (χ0) is 13.8. The summed E-state index contributed by atoms with van der Waals surface area (Å²) < 4.78 is 37.3. The molecule has 0 saturated heterocycles. The van der Waals surface area contributed by atoms with Crippen molar-refractivity contribution in [2.24, 2.45) is 0 Å². The Balaban J connectivity index is 2.74. The average molecular weight is 262 g/mol. The van der Waals surface area contributed by atoms with Gasteiger partial charge in [-0.25, -0.2) is 0 Å². The quantitative estimate of drug-likeness (QED) is 0.715. The lowest BCUT2D eigenvalue weighted by Crippen LogP contribution is -2.17. The molecule has 4 N–H and O–H groups in total. The van der Waals surface area contributed by atoms with E-state index in [1.807, 2.05) is 6.92 Å². The van der Waals surface area contributed by atoms with Gasteiger partial charge in [0.25, 0.3) is 0 Å². The van der Waals surface area contributed by atoms with Crippen molar-refractivity contribution in [3.8, 4) is 0 Å². The lowest BCUT2D eigenvalue weighted by Gasteiger charge is -2.17. The van der Waals surface area contributed by atoms with Crippen molar-refractivity contribution in [2.75, 3.05) is 17.7 Å². The molecule has 1 aromatic carbocycles. The summed E-state index contributed by atoms with van der Waals surface area (Å²) in [6.45, 7) is 1.97. The van der Waals surface area contributed by atoms with Crippen molar-refractivity contribution in [1.29, 1.82) is 0 Å². The van der Waals surface area contributed by atoms with Crippen molar-refractivity contribution in [2.45, 2.75) is 32.0 Å². The smallest absolute Gasteiger partial charge is 0.397 e. The molecular weight excluding hydrogens is 245 g/mol. The molecule has 0 aliphatic heterocycles. The fraction of sp³-hybridized carbons (Fsp3) is 0.500. The third kappa shape index (κ3) is 4.10. The Morgan fingerprint density at radius 3 is 2.56 bits per heavy atom. The monoisotopic (exact) mass is 262 g/mol. The molecule has 0 spiro atoms. The first kappa shape index (κ1) is 14.6. The largest absolute Gasteiger partial charge is 0.416 e. The van der Waals surface area contributed by atoms with E-state index in [0.717, 1.165) is 18.6 Å². The van der Waals surface area contributed by atoms with Crippen molar-refractivity contribution in [3.05, 3.63) is 23.8 Å². The van der Waals surface area contributed by atoms with E-state index in [9.17, 15) is 13.2 Å². The van der Waals surface area contributed by atoms with Gasteiger partial charge >= 0.3 is 6.18 Å². The topological polar surface area (TPSA) is 58.3 Å². The van der Waals surface area contributed by atoms with E-state index in [0.29, 0.717) is 12.1 Å². The molecule has 18 heavy (non-hydrogen) atoms. The van der Waals surface area contributed by atoms with Crippen LogP contribution in [0.25, 0.3) is 0 Å². The highest BCUT2D eigenvalue weighted by atomic mass is 19.4. The Morgan fingerprint density at radius 1 is 1.39 bits per heavy atom. The highest BCUT2D eigenvalue weighted by Crippen LogP contribution is 2.33. The van der Waals surface area contributed by atoms with Crippen LogP contribution >= 0.6 is 0 Å². The van der Waals surface area contributed by atoms with Gasteiger partial charge in [-0.1, -0.05) is 0 Å². The van der Waals surface area contributed by atoms with E-state index in [1.54, 1.807) is 0 Å². The normalized spacial score (nSPS) is 13.4. The molecule has 0 amide bonds. The van der Waals surface area contributed by atoms with Gasteiger partial charge in [-0.3, -0.25) is 0 Å². The highest BCUT2D eigenvalue weighted by Gasteiger charge is 2.30. The average Bonchev–Trinajstić information content (AvgIpc) is 2.27. The van der Waals surface area contributed by atoms with Crippen LogP contribution in [0.3, 0.4) is 0 Å². The van der Waals surface area contributed by atoms with E-state index in [4.69, 9.17) is 10.8 Å². The summed E-state index contributed by atoms with van der Waals surface area (Å²) in [4.78, 5) is 0. The fourth-order valence-corrected chi connectivity index (χ4v) is 1.61. The number of anilines is 2. The Hall–Kier alpha value is -1.43. The Morgan fingerprint density at radius 2 is 2.06 bits per heavy atom. The lowest BCUT2D eigenvalue weighted by molar-refractivity contribution is -0.137. The van der Waals surface area contributed by atoms with Crippen molar-refractivity contribution in [3.63, 3.8) is 0 Å². The summed E-state index contributed by atoms with van der Waals surface area (Å²) >= 11 is 0. The third-order valence-electron chi connectivity index (χ3n) is 2.58. The fourth-order valence-electron chi connectivity index (χ4n) is 1.61. The van der Waals surface area contributed by atoms with Crippen LogP contribution in [0.2, 0.25) is 0 Å². The second-order valence-corrected chi connectivity index (χ2v) is 4.21. The number of aliphatic hydroxyl groups is 1. The number of benzene rings is 1. The van der Waals surface area contributed by atoms with Gasteiger partial charge in [0.15, 0.2) is 0 Å². The second kappa shape index (κ2) is 5.95. The number of halogens is 3. The number of aliphatic hydroxyl groups excluding tert-OH is 1. The van der Waals surface area contributed by atoms with Crippen LogP contribution in [0.5, 0.6) is 0 Å². The minimum absolute atomic E-state index is 0.0381. The molecule has 1 atom stereocenters. The molecule has 102 valence electrons. The number of alkyl halides is 3. The molecule has 0 fully saturated rings. The van der Waals surface area contributed by atoms with Crippen LogP contribution in [-0.4, -0.2) is 17.8 Å². The van der Waals surface area contributed by atoms with Crippen molar-refractivity contribution >= 4 is 11.4 Å². The predicted molar refractivity (Wildman–Crippen MR) is 65.3 cm³/mol. The summed E-state index contributed by atoms with van der Waals surface area (Å²) in [6.07, 6.45) is -3.03. The number of nitrogen functional groups attached to an aromatic ring is 1. The molecule has 1 unspecified atom stereocenters. The summed E-state index contributed by atoms with van der Waals surface area (Å²) in [6, 6.07) is 3.28. The molecule has 6 heteroatoms. The highest BCUT2D eigenvalue weighted by molar-refractivity contribution is 5.67. The van der Waals surface area contributed by atoms with E-state index >= 15 is 0 Å². The molecular formula is C12H17F3N2O. The van der Waals surface area contributed by atoms with Crippen molar-refractivity contribution < 1.29 is 18.3 Å². The van der Waals surface area contributed by atoms with E-state index in [1.165, 1.54) is 6.07 Å². The second-order valence-electron chi connectivity index (χ2n) is 4.21. The molecule has 0 aliphatic rings. The van der Waals surface area contributed by atoms with Gasteiger partial charge in [-0.2, -0.15) is 13.2 Å². The molecule has 0 saturated carbocycles. The number of rotatable bonds is 5. The lowest BCUT2D eigenvalue weighted by atomic mass is 10.1. The third-order valence-corrected chi connectivity index (χ3v) is 2.58. The molecule has 0 radical (unpaired) electrons. The first-order valence-electron chi connectivity index (χ1n) is 5.68. The standard InChI is InChI=1S/C12H17F3N2O/c1-8(3-2-6-18)17-11-5-4-9(7-10(11)16)12(13,14)15/h4-5,7-8,17-18H,2-3,6,16H2,1H3. The van der Waals surface area contributed by atoms with Gasteiger partial charge in [0, 0.05) is 12.6 Å². The molecule has 0 aliphatic carbocycles. The van der Waals surface area contributed by atoms with E-state index in [2.05, 4.69) is 5.32 Å². The SMILES string of the molecule is CC(CCCO)Nc1ccc(C(F)(F)F)cc1N. The number of nitrogens with one attached hydrogen (secondary N) is 1. The van der Waals surface area contributed by atoms with Crippen LogP contribution in [0.4, 0.5) is 24.5 Å². The van der Waals surface area contributed by atoms with Crippen molar-refractivity contribution in [1.82, 2.24) is 0 Å². The van der Waals surface area contributed by atoms with Crippen LogP contribution in [-0.2, 0) is 6.18 Å². The van der Waals surface area contributed by atoms with Crippen LogP contribution in [0.1, 0.15) is 25.3 Å². The molecule has 0 heterocycles. The maximum atomic E-state index is 12.4. The molecule has 1 aromatic rings. The Labute approximate surface area is 104 Å². The number of hydrogen-bond donors (Lipinski definition) is 3. The minimum atomic E-state index is -4.38. The maximum absolute atomic E-state index is 12.4. The molecule has 0 aromatic heterocycles. The summed E-state index contributed by atoms with van der Waals surface area (Å²) in [5.74, 6) is 0. The van der Waals surface area contributed by atoms with Crippen LogP contribution in [0.15, 0.2) is 18.2 Å². The zero-order valence-corrected chi connectivity index (χ0v) is 10.1. The predicted octanol–water partition coefficient (Wildman–Crippen LogP) is 2.86. The number of nitrogens with two attached hydrogens (primary N) is 1. The van der Waals surface area contributed by atoms with Gasteiger partial charge < -0.3 is 16.2 Å². The van der Waals surface area contributed by atoms with Gasteiger partial charge in [0.2, 0.25) is 0 Å². The van der Waals surface area contributed by atoms with Crippen LogP contribution < -0.4 is 11.1 Å². The number of hydrogen-bond acceptors (Lipinski definition) is 3. The maximum Gasteiger partial charge on any atom is 0.416 e. The Kier molecular flexibility index (Phi) is 4.84. The van der Waals surface area contributed by atoms with Gasteiger partial charge in [-0.05, 0) is 38.0 Å². The first-order valence-corrected chi connectivity index (χ1v) is 5.68. The van der Waals surface area contributed by atoms with Crippen LogP contribution in [0, 0.1) is 0 Å². The molecule has 1 rings (SSSR count). The molecule has 0 bridgehead atoms. The molecule has 3 nitrogen and oxygen atoms in total. The van der Waals surface area contributed by atoms with E-state index < -0.39 is 11.7 Å². The van der Waals surface area contributed by atoms with Gasteiger partial charge in [0.05, 0.1) is 16.9 Å². The van der Waals surface area contributed by atoms with E-state index in [-0.39, 0.29) is 18.3 Å².